The maximum absolute atomic E-state index is 13.8. The summed E-state index contributed by atoms with van der Waals surface area (Å²) in [7, 11) is 4.31. The Balaban J connectivity index is 2.17. The summed E-state index contributed by atoms with van der Waals surface area (Å²) in [4.78, 5) is 39.7. The lowest BCUT2D eigenvalue weighted by Gasteiger charge is -2.38. The summed E-state index contributed by atoms with van der Waals surface area (Å²) in [5.41, 5.74) is 2.38. The average Bonchev–Trinajstić information content (AvgIpc) is 2.84. The maximum atomic E-state index is 13.8. The number of nitrogens with one attached hydrogen (secondary N) is 1. The molecular formula is C26H33NO8. The molecular weight excluding hydrogens is 454 g/mol. The van der Waals surface area contributed by atoms with E-state index < -0.39 is 23.8 Å². The van der Waals surface area contributed by atoms with Gasteiger partial charge >= 0.3 is 11.9 Å². The van der Waals surface area contributed by atoms with E-state index in [9.17, 15) is 14.4 Å². The highest BCUT2D eigenvalue weighted by molar-refractivity contribution is 6.12. The van der Waals surface area contributed by atoms with Crippen LogP contribution in [0, 0.1) is 11.8 Å². The first kappa shape index (κ1) is 26.3. The second kappa shape index (κ2) is 11.4. The van der Waals surface area contributed by atoms with Gasteiger partial charge in [0, 0.05) is 29.1 Å². The van der Waals surface area contributed by atoms with E-state index in [-0.39, 0.29) is 30.5 Å². The zero-order valence-electron chi connectivity index (χ0n) is 21.1. The van der Waals surface area contributed by atoms with Gasteiger partial charge in [-0.15, -0.1) is 0 Å². The van der Waals surface area contributed by atoms with Crippen LogP contribution in [0.1, 0.15) is 38.7 Å². The van der Waals surface area contributed by atoms with Crippen LogP contribution in [0.4, 0.5) is 0 Å². The molecule has 0 amide bonds. The third-order valence-electron chi connectivity index (χ3n) is 6.38. The van der Waals surface area contributed by atoms with Crippen LogP contribution in [0.15, 0.2) is 40.7 Å². The molecule has 190 valence electrons. The Morgan fingerprint density at radius 1 is 1.11 bits per heavy atom. The van der Waals surface area contributed by atoms with Crippen molar-refractivity contribution in [2.45, 2.75) is 33.1 Å². The molecule has 0 saturated carbocycles. The third kappa shape index (κ3) is 5.19. The van der Waals surface area contributed by atoms with Crippen LogP contribution >= 0.6 is 0 Å². The van der Waals surface area contributed by atoms with Crippen molar-refractivity contribution in [1.29, 1.82) is 0 Å². The quantitative estimate of drug-likeness (QED) is 0.319. The van der Waals surface area contributed by atoms with Gasteiger partial charge in [-0.05, 0) is 44.4 Å². The van der Waals surface area contributed by atoms with E-state index in [2.05, 4.69) is 5.32 Å². The summed E-state index contributed by atoms with van der Waals surface area (Å²) in [6.45, 7) is 6.28. The summed E-state index contributed by atoms with van der Waals surface area (Å²) in [6.07, 6.45) is 0.438. The van der Waals surface area contributed by atoms with E-state index in [1.165, 1.54) is 21.3 Å². The number of carbonyl (C=O) groups excluding carboxylic acids is 3. The maximum Gasteiger partial charge on any atom is 0.336 e. The van der Waals surface area contributed by atoms with Gasteiger partial charge in [0.05, 0.1) is 39.4 Å². The average molecular weight is 488 g/mol. The summed E-state index contributed by atoms with van der Waals surface area (Å²) in [5, 5.41) is 3.24. The molecule has 2 aliphatic rings. The lowest BCUT2D eigenvalue weighted by molar-refractivity contribution is -0.151. The van der Waals surface area contributed by atoms with Crippen molar-refractivity contribution in [3.8, 4) is 11.5 Å². The smallest absolute Gasteiger partial charge is 0.336 e. The minimum Gasteiger partial charge on any atom is -0.497 e. The van der Waals surface area contributed by atoms with E-state index in [1.807, 2.05) is 13.8 Å². The molecule has 0 unspecified atom stereocenters. The van der Waals surface area contributed by atoms with Crippen LogP contribution in [-0.4, -0.2) is 58.9 Å². The Bertz CT molecular complexity index is 1060. The van der Waals surface area contributed by atoms with Crippen molar-refractivity contribution in [2.75, 3.05) is 41.2 Å². The summed E-state index contributed by atoms with van der Waals surface area (Å²) in [5.74, 6) is -2.66. The van der Waals surface area contributed by atoms with Gasteiger partial charge in [0.25, 0.3) is 0 Å². The molecule has 9 nitrogen and oxygen atoms in total. The molecule has 1 aromatic rings. The number of methoxy groups -OCH3 is 3. The highest BCUT2D eigenvalue weighted by Gasteiger charge is 2.48. The summed E-state index contributed by atoms with van der Waals surface area (Å²) >= 11 is 0. The Morgan fingerprint density at radius 3 is 2.49 bits per heavy atom. The van der Waals surface area contributed by atoms with E-state index >= 15 is 0 Å². The van der Waals surface area contributed by atoms with Gasteiger partial charge in [0.1, 0.15) is 24.0 Å². The number of hydrogen-bond acceptors (Lipinski definition) is 9. The molecule has 1 aliphatic heterocycles. The number of Topliss-reactive ketones (excluding diaryl/α,β-unsaturated/α-hetero) is 1. The van der Waals surface area contributed by atoms with E-state index in [4.69, 9.17) is 23.7 Å². The van der Waals surface area contributed by atoms with Crippen molar-refractivity contribution in [1.82, 2.24) is 5.32 Å². The van der Waals surface area contributed by atoms with Gasteiger partial charge < -0.3 is 29.0 Å². The van der Waals surface area contributed by atoms with E-state index in [1.54, 1.807) is 25.1 Å². The Morgan fingerprint density at radius 2 is 1.86 bits per heavy atom. The van der Waals surface area contributed by atoms with Crippen LogP contribution in [0.3, 0.4) is 0 Å². The zero-order valence-corrected chi connectivity index (χ0v) is 21.1. The second-order valence-electron chi connectivity index (χ2n) is 8.48. The third-order valence-corrected chi connectivity index (χ3v) is 6.38. The minimum absolute atomic E-state index is 0.0626. The second-order valence-corrected chi connectivity index (χ2v) is 8.48. The van der Waals surface area contributed by atoms with Crippen molar-refractivity contribution in [2.24, 2.45) is 11.8 Å². The molecule has 3 rings (SSSR count). The molecule has 3 atom stereocenters. The van der Waals surface area contributed by atoms with Gasteiger partial charge in [-0.25, -0.2) is 4.79 Å². The molecule has 0 bridgehead atoms. The fraction of sp³-hybridized carbons (Fsp3) is 0.500. The topological polar surface area (TPSA) is 109 Å². The standard InChI is InChI=1S/C26H33NO8/c1-7-34-10-11-35-26(30)21-15(3)27-18-12-14(2)20(25(29)33-6)24(28)23(18)22(21)17-13-16(31-4)8-9-19(17)32-5/h8-9,13-14,20,22,27H,7,10-12H2,1-6H3/t14-,20+,22-/m1/s1. The number of carbonyl (C=O) groups is 3. The van der Waals surface area contributed by atoms with Gasteiger partial charge in [0.15, 0.2) is 5.78 Å². The molecule has 0 fully saturated rings. The summed E-state index contributed by atoms with van der Waals surface area (Å²) in [6, 6.07) is 5.19. The SMILES string of the molecule is CCOCCOC(=O)C1=C(C)NC2=C(C(=O)[C@@H](C(=O)OC)[C@H](C)C2)[C@@H]1c1cc(OC)ccc1OC. The number of benzene rings is 1. The predicted molar refractivity (Wildman–Crippen MR) is 127 cm³/mol. The van der Waals surface area contributed by atoms with Gasteiger partial charge in [-0.1, -0.05) is 6.92 Å². The van der Waals surface area contributed by atoms with Crippen molar-refractivity contribution < 1.29 is 38.1 Å². The number of ketones is 1. The largest absolute Gasteiger partial charge is 0.497 e. The lowest BCUT2D eigenvalue weighted by atomic mass is 9.69. The Kier molecular flexibility index (Phi) is 8.56. The predicted octanol–water partition coefficient (Wildman–Crippen LogP) is 2.90. The number of dihydropyridines is 1. The van der Waals surface area contributed by atoms with Crippen LogP contribution < -0.4 is 14.8 Å². The molecule has 9 heteroatoms. The number of hydrogen-bond donors (Lipinski definition) is 1. The normalized spacial score (nSPS) is 21.8. The monoisotopic (exact) mass is 487 g/mol. The zero-order chi connectivity index (χ0) is 25.7. The molecule has 35 heavy (non-hydrogen) atoms. The fourth-order valence-electron chi connectivity index (χ4n) is 4.74. The number of rotatable bonds is 9. The van der Waals surface area contributed by atoms with Gasteiger partial charge in [0.2, 0.25) is 0 Å². The molecule has 0 spiro atoms. The number of ether oxygens (including phenoxy) is 5. The van der Waals surface area contributed by atoms with E-state index in [0.717, 1.165) is 0 Å². The number of esters is 2. The first-order valence-electron chi connectivity index (χ1n) is 11.6. The highest BCUT2D eigenvalue weighted by Crippen LogP contribution is 2.48. The molecule has 1 N–H and O–H groups in total. The lowest BCUT2D eigenvalue weighted by Crippen LogP contribution is -2.43. The Labute approximate surface area is 205 Å². The van der Waals surface area contributed by atoms with Crippen LogP contribution in [0.2, 0.25) is 0 Å². The van der Waals surface area contributed by atoms with Gasteiger partial charge in [-0.3, -0.25) is 9.59 Å². The van der Waals surface area contributed by atoms with Crippen LogP contribution in [-0.2, 0) is 28.6 Å². The number of allylic oxidation sites excluding steroid dienone is 3. The van der Waals surface area contributed by atoms with Crippen molar-refractivity contribution in [3.63, 3.8) is 0 Å². The molecule has 0 saturated heterocycles. The fourth-order valence-corrected chi connectivity index (χ4v) is 4.74. The van der Waals surface area contributed by atoms with Crippen LogP contribution in [0.25, 0.3) is 0 Å². The molecule has 0 aromatic heterocycles. The molecule has 0 radical (unpaired) electrons. The van der Waals surface area contributed by atoms with Crippen molar-refractivity contribution >= 4 is 17.7 Å². The first-order chi connectivity index (χ1) is 16.8. The van der Waals surface area contributed by atoms with Crippen LogP contribution in [0.5, 0.6) is 11.5 Å². The highest BCUT2D eigenvalue weighted by atomic mass is 16.6. The first-order valence-corrected chi connectivity index (χ1v) is 11.6. The molecule has 1 heterocycles. The minimum atomic E-state index is -0.978. The van der Waals surface area contributed by atoms with E-state index in [0.29, 0.717) is 47.1 Å². The summed E-state index contributed by atoms with van der Waals surface area (Å²) < 4.78 is 26.8. The molecule has 1 aliphatic carbocycles. The van der Waals surface area contributed by atoms with Gasteiger partial charge in [-0.2, -0.15) is 0 Å². The molecule has 1 aromatic carbocycles. The Hall–Kier alpha value is -3.33. The van der Waals surface area contributed by atoms with Crippen molar-refractivity contribution in [3.05, 3.63) is 46.3 Å².